The van der Waals surface area contributed by atoms with Crippen molar-refractivity contribution in [3.63, 3.8) is 0 Å². The lowest BCUT2D eigenvalue weighted by atomic mass is 10.0. The van der Waals surface area contributed by atoms with Crippen molar-refractivity contribution in [3.8, 4) is 5.75 Å². The van der Waals surface area contributed by atoms with Crippen LogP contribution in [0.25, 0.3) is 0 Å². The van der Waals surface area contributed by atoms with Gasteiger partial charge in [0, 0.05) is 13.2 Å². The summed E-state index contributed by atoms with van der Waals surface area (Å²) in [4.78, 5) is 0. The van der Waals surface area contributed by atoms with Gasteiger partial charge in [0.2, 0.25) is 0 Å². The molecule has 0 aliphatic heterocycles. The van der Waals surface area contributed by atoms with Gasteiger partial charge in [0.15, 0.2) is 0 Å². The fourth-order valence-corrected chi connectivity index (χ4v) is 2.98. The molecule has 0 spiro atoms. The van der Waals surface area contributed by atoms with Crippen LogP contribution in [0.3, 0.4) is 0 Å². The first kappa shape index (κ1) is 14.4. The van der Waals surface area contributed by atoms with Crippen molar-refractivity contribution in [2.45, 2.75) is 38.3 Å². The Morgan fingerprint density at radius 1 is 1.32 bits per heavy atom. The highest BCUT2D eigenvalue weighted by Gasteiger charge is 2.25. The maximum Gasteiger partial charge on any atom is 0.119 e. The summed E-state index contributed by atoms with van der Waals surface area (Å²) in [6, 6.07) is 8.85. The summed E-state index contributed by atoms with van der Waals surface area (Å²) in [6.45, 7) is 1.45. The highest BCUT2D eigenvalue weighted by molar-refractivity contribution is 5.28. The summed E-state index contributed by atoms with van der Waals surface area (Å²) >= 11 is 0. The highest BCUT2D eigenvalue weighted by atomic mass is 16.5. The number of rotatable bonds is 7. The monoisotopic (exact) mass is 263 g/mol. The fraction of sp³-hybridized carbons (Fsp3) is 0.625. The van der Waals surface area contributed by atoms with Crippen LogP contribution in [0.5, 0.6) is 5.75 Å². The van der Waals surface area contributed by atoms with Gasteiger partial charge in [-0.25, -0.2) is 0 Å². The molecule has 0 saturated heterocycles. The van der Waals surface area contributed by atoms with E-state index < -0.39 is 0 Å². The van der Waals surface area contributed by atoms with E-state index in [4.69, 9.17) is 9.47 Å². The summed E-state index contributed by atoms with van der Waals surface area (Å²) in [5, 5.41) is 3.42. The molecule has 1 aromatic rings. The van der Waals surface area contributed by atoms with Gasteiger partial charge in [-0.05, 0) is 49.9 Å². The Morgan fingerprint density at radius 3 is 3.00 bits per heavy atom. The third-order valence-electron chi connectivity index (χ3n) is 4.00. The Bertz CT molecular complexity index is 381. The molecule has 0 heterocycles. The average molecular weight is 263 g/mol. The van der Waals surface area contributed by atoms with Crippen molar-refractivity contribution >= 4 is 0 Å². The van der Waals surface area contributed by atoms with Crippen molar-refractivity contribution in [1.29, 1.82) is 0 Å². The van der Waals surface area contributed by atoms with E-state index in [0.717, 1.165) is 30.3 Å². The first-order valence-corrected chi connectivity index (χ1v) is 7.21. The fourth-order valence-electron chi connectivity index (χ4n) is 2.98. The molecule has 106 valence electrons. The number of ether oxygens (including phenoxy) is 2. The normalized spacial score (nSPS) is 22.6. The number of benzene rings is 1. The predicted molar refractivity (Wildman–Crippen MR) is 77.5 cm³/mol. The van der Waals surface area contributed by atoms with Gasteiger partial charge in [-0.15, -0.1) is 0 Å². The largest absolute Gasteiger partial charge is 0.494 e. The van der Waals surface area contributed by atoms with Crippen LogP contribution in [0.2, 0.25) is 0 Å². The van der Waals surface area contributed by atoms with Crippen LogP contribution in [0.1, 0.15) is 31.2 Å². The molecule has 3 nitrogen and oxygen atoms in total. The molecule has 1 fully saturated rings. The molecule has 0 bridgehead atoms. The van der Waals surface area contributed by atoms with Crippen LogP contribution in [0, 0.1) is 5.92 Å². The van der Waals surface area contributed by atoms with Gasteiger partial charge in [0.1, 0.15) is 5.75 Å². The van der Waals surface area contributed by atoms with Gasteiger partial charge in [-0.1, -0.05) is 18.6 Å². The Labute approximate surface area is 116 Å². The molecule has 0 radical (unpaired) electrons. The maximum absolute atomic E-state index is 5.86. The lowest BCUT2D eigenvalue weighted by Gasteiger charge is -2.19. The molecule has 2 atom stereocenters. The molecule has 1 saturated carbocycles. The first-order chi connectivity index (χ1) is 9.33. The van der Waals surface area contributed by atoms with Crippen LogP contribution in [-0.2, 0) is 11.3 Å². The molecule has 3 heteroatoms. The van der Waals surface area contributed by atoms with E-state index in [1.165, 1.54) is 19.3 Å². The summed E-state index contributed by atoms with van der Waals surface area (Å²) in [5.74, 6) is 1.72. The molecule has 19 heavy (non-hydrogen) atoms. The van der Waals surface area contributed by atoms with Crippen LogP contribution in [0.15, 0.2) is 24.3 Å². The maximum atomic E-state index is 5.86. The van der Waals surface area contributed by atoms with Crippen LogP contribution < -0.4 is 10.1 Å². The Kier molecular flexibility index (Phi) is 5.67. The number of hydrogen-bond donors (Lipinski definition) is 1. The van der Waals surface area contributed by atoms with Crippen LogP contribution in [-0.4, -0.2) is 26.8 Å². The molecule has 0 aromatic heterocycles. The number of hydrogen-bond acceptors (Lipinski definition) is 3. The summed E-state index contributed by atoms with van der Waals surface area (Å²) in [7, 11) is 3.78. The van der Waals surface area contributed by atoms with Gasteiger partial charge in [-0.2, -0.15) is 0 Å². The molecule has 1 aliphatic rings. The predicted octanol–water partition coefficient (Wildman–Crippen LogP) is 2.99. The molecular weight excluding hydrogens is 238 g/mol. The lowest BCUT2D eigenvalue weighted by molar-refractivity contribution is 0.184. The molecule has 1 N–H and O–H groups in total. The third kappa shape index (κ3) is 4.22. The van der Waals surface area contributed by atoms with Crippen molar-refractivity contribution in [1.82, 2.24) is 5.32 Å². The topological polar surface area (TPSA) is 30.5 Å². The molecule has 2 unspecified atom stereocenters. The quantitative estimate of drug-likeness (QED) is 0.820. The second kappa shape index (κ2) is 7.51. The molecule has 1 aromatic carbocycles. The van der Waals surface area contributed by atoms with Gasteiger partial charge in [0.25, 0.3) is 0 Å². The van der Waals surface area contributed by atoms with Crippen LogP contribution >= 0.6 is 0 Å². The zero-order valence-corrected chi connectivity index (χ0v) is 12.0. The van der Waals surface area contributed by atoms with E-state index in [2.05, 4.69) is 24.5 Å². The standard InChI is InChI=1S/C16H25NO2/c1-17-16-8-4-6-14(16)9-10-19-15-7-3-5-13(11-15)12-18-2/h3,5,7,11,14,16-17H,4,6,8-10,12H2,1-2H3. The Morgan fingerprint density at radius 2 is 2.21 bits per heavy atom. The molecule has 1 aliphatic carbocycles. The van der Waals surface area contributed by atoms with Crippen molar-refractivity contribution in [2.75, 3.05) is 20.8 Å². The lowest BCUT2D eigenvalue weighted by Crippen LogP contribution is -2.29. The van der Waals surface area contributed by atoms with Crippen molar-refractivity contribution in [2.24, 2.45) is 5.92 Å². The zero-order valence-electron chi connectivity index (χ0n) is 12.0. The SMILES string of the molecule is CNC1CCCC1CCOc1cccc(COC)c1. The van der Waals surface area contributed by atoms with Crippen molar-refractivity contribution < 1.29 is 9.47 Å². The van der Waals surface area contributed by atoms with Gasteiger partial charge in [0.05, 0.1) is 13.2 Å². The Hall–Kier alpha value is -1.06. The minimum Gasteiger partial charge on any atom is -0.494 e. The van der Waals surface area contributed by atoms with E-state index >= 15 is 0 Å². The minimum atomic E-state index is 0.641. The van der Waals surface area contributed by atoms with Crippen molar-refractivity contribution in [3.05, 3.63) is 29.8 Å². The van der Waals surface area contributed by atoms with E-state index in [0.29, 0.717) is 12.6 Å². The van der Waals surface area contributed by atoms with E-state index in [1.807, 2.05) is 12.1 Å². The molecule has 0 amide bonds. The zero-order chi connectivity index (χ0) is 13.5. The smallest absolute Gasteiger partial charge is 0.119 e. The molecule has 2 rings (SSSR count). The highest BCUT2D eigenvalue weighted by Crippen LogP contribution is 2.28. The summed E-state index contributed by atoms with van der Waals surface area (Å²) in [5.41, 5.74) is 1.16. The van der Waals surface area contributed by atoms with E-state index in [-0.39, 0.29) is 0 Å². The first-order valence-electron chi connectivity index (χ1n) is 7.21. The summed E-state index contributed by atoms with van der Waals surface area (Å²) in [6.07, 6.45) is 5.13. The second-order valence-electron chi connectivity index (χ2n) is 5.30. The van der Waals surface area contributed by atoms with E-state index in [1.54, 1.807) is 7.11 Å². The second-order valence-corrected chi connectivity index (χ2v) is 5.30. The number of nitrogens with one attached hydrogen (secondary N) is 1. The van der Waals surface area contributed by atoms with Gasteiger partial charge < -0.3 is 14.8 Å². The Balaban J connectivity index is 1.77. The minimum absolute atomic E-state index is 0.641. The van der Waals surface area contributed by atoms with Gasteiger partial charge >= 0.3 is 0 Å². The number of methoxy groups -OCH3 is 1. The molecular formula is C16H25NO2. The van der Waals surface area contributed by atoms with E-state index in [9.17, 15) is 0 Å². The average Bonchev–Trinajstić information content (AvgIpc) is 2.87. The third-order valence-corrected chi connectivity index (χ3v) is 4.00. The van der Waals surface area contributed by atoms with Crippen LogP contribution in [0.4, 0.5) is 0 Å². The van der Waals surface area contributed by atoms with Gasteiger partial charge in [-0.3, -0.25) is 0 Å². The summed E-state index contributed by atoms with van der Waals surface area (Å²) < 4.78 is 11.0.